The molecule has 0 atom stereocenters. The van der Waals surface area contributed by atoms with E-state index < -0.39 is 0 Å². The van der Waals surface area contributed by atoms with Crippen molar-refractivity contribution in [2.45, 2.75) is 33.2 Å². The van der Waals surface area contributed by atoms with Crippen molar-refractivity contribution in [2.75, 3.05) is 13.6 Å². The van der Waals surface area contributed by atoms with E-state index in [9.17, 15) is 0 Å². The Morgan fingerprint density at radius 2 is 2.04 bits per heavy atom. The molecule has 0 aliphatic carbocycles. The molecule has 1 aromatic carbocycles. The van der Waals surface area contributed by atoms with Gasteiger partial charge in [-0.1, -0.05) is 18.2 Å². The van der Waals surface area contributed by atoms with E-state index in [0.717, 1.165) is 36.8 Å². The van der Waals surface area contributed by atoms with Crippen molar-refractivity contribution >= 4 is 40.8 Å². The van der Waals surface area contributed by atoms with Crippen LogP contribution in [0.4, 0.5) is 0 Å². The predicted octanol–water partition coefficient (Wildman–Crippen LogP) is 3.69. The van der Waals surface area contributed by atoms with Gasteiger partial charge in [-0.05, 0) is 38.3 Å². The quantitative estimate of drug-likeness (QED) is 0.224. The number of aromatic nitrogens is 2. The lowest BCUT2D eigenvalue weighted by molar-refractivity contribution is 0.463. The number of aliphatic imine (C=N–C) groups is 1. The van der Waals surface area contributed by atoms with Crippen molar-refractivity contribution in [3.63, 3.8) is 0 Å². The number of aromatic amines is 1. The average Bonchev–Trinajstić information content (AvgIpc) is 3.18. The molecule has 0 bridgehead atoms. The van der Waals surface area contributed by atoms with Gasteiger partial charge in [0.2, 0.25) is 5.89 Å². The Morgan fingerprint density at radius 1 is 1.23 bits per heavy atom. The molecule has 2 heterocycles. The summed E-state index contributed by atoms with van der Waals surface area (Å²) in [6, 6.07) is 8.40. The third-order valence-electron chi connectivity index (χ3n) is 4.29. The van der Waals surface area contributed by atoms with E-state index in [4.69, 9.17) is 4.42 Å². The van der Waals surface area contributed by atoms with Crippen LogP contribution in [0.2, 0.25) is 0 Å². The second-order valence-corrected chi connectivity index (χ2v) is 6.06. The van der Waals surface area contributed by atoms with Gasteiger partial charge in [-0.2, -0.15) is 0 Å². The summed E-state index contributed by atoms with van der Waals surface area (Å²) in [6.45, 7) is 5.24. The molecular formula is C19H26IN5O. The normalized spacial score (nSPS) is 11.4. The molecule has 3 N–H and O–H groups in total. The van der Waals surface area contributed by atoms with Crippen LogP contribution < -0.4 is 10.6 Å². The number of nitrogens with one attached hydrogen (secondary N) is 3. The number of oxazole rings is 1. The van der Waals surface area contributed by atoms with E-state index >= 15 is 0 Å². The molecule has 2 aromatic heterocycles. The highest BCUT2D eigenvalue weighted by Gasteiger charge is 2.06. The van der Waals surface area contributed by atoms with E-state index in [1.54, 1.807) is 7.05 Å². The molecule has 7 heteroatoms. The lowest BCUT2D eigenvalue weighted by atomic mass is 10.1. The number of guanidine groups is 1. The smallest absolute Gasteiger partial charge is 0.214 e. The first kappa shape index (κ1) is 20.3. The molecule has 0 aliphatic rings. The van der Waals surface area contributed by atoms with E-state index in [-0.39, 0.29) is 24.0 Å². The number of rotatable bonds is 6. The Morgan fingerprint density at radius 3 is 2.77 bits per heavy atom. The van der Waals surface area contributed by atoms with Crippen LogP contribution in [0.25, 0.3) is 10.9 Å². The van der Waals surface area contributed by atoms with Crippen LogP contribution >= 0.6 is 24.0 Å². The van der Waals surface area contributed by atoms with Crippen LogP contribution in [0.3, 0.4) is 0 Å². The zero-order valence-corrected chi connectivity index (χ0v) is 17.8. The molecule has 26 heavy (non-hydrogen) atoms. The Hall–Kier alpha value is -2.03. The minimum Gasteiger partial charge on any atom is -0.444 e. The first-order chi connectivity index (χ1) is 12.2. The highest BCUT2D eigenvalue weighted by Crippen LogP contribution is 2.18. The van der Waals surface area contributed by atoms with Crippen molar-refractivity contribution in [1.82, 2.24) is 20.6 Å². The third-order valence-corrected chi connectivity index (χ3v) is 4.29. The zero-order valence-electron chi connectivity index (χ0n) is 15.4. The molecule has 0 aliphatic heterocycles. The van der Waals surface area contributed by atoms with Gasteiger partial charge in [-0.3, -0.25) is 4.99 Å². The number of nitrogens with zero attached hydrogens (tertiary/aromatic N) is 2. The molecule has 140 valence electrons. The van der Waals surface area contributed by atoms with Gasteiger partial charge in [0.15, 0.2) is 5.96 Å². The minimum absolute atomic E-state index is 0. The summed E-state index contributed by atoms with van der Waals surface area (Å²) in [5.74, 6) is 2.29. The lowest BCUT2D eigenvalue weighted by Gasteiger charge is -2.10. The molecule has 3 rings (SSSR count). The molecule has 0 unspecified atom stereocenters. The van der Waals surface area contributed by atoms with E-state index in [0.29, 0.717) is 12.4 Å². The molecule has 3 aromatic rings. The van der Waals surface area contributed by atoms with Crippen molar-refractivity contribution < 1.29 is 4.42 Å². The summed E-state index contributed by atoms with van der Waals surface area (Å²) in [5, 5.41) is 7.86. The van der Waals surface area contributed by atoms with Gasteiger partial charge < -0.3 is 20.0 Å². The van der Waals surface area contributed by atoms with Gasteiger partial charge in [-0.25, -0.2) is 4.98 Å². The Bertz CT molecular complexity index is 848. The summed E-state index contributed by atoms with van der Waals surface area (Å²) in [5.41, 5.74) is 3.48. The van der Waals surface area contributed by atoms with Gasteiger partial charge in [0, 0.05) is 30.7 Å². The minimum atomic E-state index is 0. The maximum Gasteiger partial charge on any atom is 0.214 e. The fourth-order valence-corrected chi connectivity index (χ4v) is 2.82. The lowest BCUT2D eigenvalue weighted by Crippen LogP contribution is -2.37. The molecule has 0 spiro atoms. The predicted molar refractivity (Wildman–Crippen MR) is 116 cm³/mol. The molecule has 0 amide bonds. The monoisotopic (exact) mass is 467 g/mol. The van der Waals surface area contributed by atoms with Gasteiger partial charge >= 0.3 is 0 Å². The van der Waals surface area contributed by atoms with Gasteiger partial charge in [-0.15, -0.1) is 24.0 Å². The van der Waals surface area contributed by atoms with Crippen LogP contribution in [0.5, 0.6) is 0 Å². The molecule has 0 radical (unpaired) electrons. The Balaban J connectivity index is 0.00000243. The summed E-state index contributed by atoms with van der Waals surface area (Å²) in [4.78, 5) is 11.9. The maximum absolute atomic E-state index is 5.56. The standard InChI is InChI=1S/C19H25N5O.HI/c1-13-14(2)25-18(24-13)12-23-19(20-3)21-10-6-7-15-11-22-17-9-5-4-8-16(15)17;/h4-5,8-9,11,22H,6-7,10,12H2,1-3H3,(H2,20,21,23);1H. The number of para-hydroxylation sites is 1. The fraction of sp³-hybridized carbons (Fsp3) is 0.368. The molecular weight excluding hydrogens is 441 g/mol. The largest absolute Gasteiger partial charge is 0.444 e. The highest BCUT2D eigenvalue weighted by atomic mass is 127. The number of hydrogen-bond donors (Lipinski definition) is 3. The third kappa shape index (κ3) is 5.00. The van der Waals surface area contributed by atoms with Gasteiger partial charge in [0.05, 0.1) is 12.2 Å². The number of fused-ring (bicyclic) bond motifs is 1. The molecule has 0 fully saturated rings. The second-order valence-electron chi connectivity index (χ2n) is 6.06. The number of H-pyrrole nitrogens is 1. The molecule has 0 saturated carbocycles. The maximum atomic E-state index is 5.56. The van der Waals surface area contributed by atoms with Crippen molar-refractivity contribution in [3.8, 4) is 0 Å². The highest BCUT2D eigenvalue weighted by molar-refractivity contribution is 14.0. The van der Waals surface area contributed by atoms with E-state index in [1.165, 1.54) is 16.5 Å². The van der Waals surface area contributed by atoms with Crippen LogP contribution in [0, 0.1) is 13.8 Å². The average molecular weight is 467 g/mol. The Kier molecular flexibility index (Phi) is 7.50. The first-order valence-electron chi connectivity index (χ1n) is 8.60. The number of benzene rings is 1. The molecule has 6 nitrogen and oxygen atoms in total. The zero-order chi connectivity index (χ0) is 17.6. The molecule has 0 saturated heterocycles. The van der Waals surface area contributed by atoms with E-state index in [2.05, 4.69) is 56.1 Å². The second kappa shape index (κ2) is 9.61. The van der Waals surface area contributed by atoms with E-state index in [1.807, 2.05) is 13.8 Å². The van der Waals surface area contributed by atoms with Crippen molar-refractivity contribution in [2.24, 2.45) is 4.99 Å². The summed E-state index contributed by atoms with van der Waals surface area (Å²) < 4.78 is 5.56. The van der Waals surface area contributed by atoms with Gasteiger partial charge in [0.25, 0.3) is 0 Å². The summed E-state index contributed by atoms with van der Waals surface area (Å²) in [6.07, 6.45) is 4.15. The van der Waals surface area contributed by atoms with Crippen LogP contribution in [-0.2, 0) is 13.0 Å². The number of halogens is 1. The topological polar surface area (TPSA) is 78.2 Å². The van der Waals surface area contributed by atoms with Crippen LogP contribution in [0.15, 0.2) is 39.9 Å². The first-order valence-corrected chi connectivity index (χ1v) is 8.60. The fourth-order valence-electron chi connectivity index (χ4n) is 2.82. The van der Waals surface area contributed by atoms with Crippen molar-refractivity contribution in [3.05, 3.63) is 53.4 Å². The summed E-state index contributed by atoms with van der Waals surface area (Å²) in [7, 11) is 1.76. The number of hydrogen-bond acceptors (Lipinski definition) is 3. The number of aryl methyl sites for hydroxylation is 3. The van der Waals surface area contributed by atoms with Crippen molar-refractivity contribution in [1.29, 1.82) is 0 Å². The van der Waals surface area contributed by atoms with Gasteiger partial charge in [0.1, 0.15) is 5.76 Å². The van der Waals surface area contributed by atoms with Crippen LogP contribution in [0.1, 0.15) is 29.3 Å². The SMILES string of the molecule is CN=C(NCCCc1c[nH]c2ccccc12)NCc1nc(C)c(C)o1.I. The van der Waals surface area contributed by atoms with Crippen LogP contribution in [-0.4, -0.2) is 29.5 Å². The Labute approximate surface area is 170 Å². The summed E-state index contributed by atoms with van der Waals surface area (Å²) >= 11 is 0.